The number of thiazole rings is 1. The standard InChI is InChI=1S/C24H31N3O3S/c1-2-30-14-6-12-27-21-11-13-26(16-19(21)9-10-22(27)28)23(29)15-20-17-31-24(25-20)18-7-4-3-5-8-18/h3-5,7-8,17,19,21H,2,6,9-16H2,1H3/t19-,21+/m1/s1. The van der Waals surface area contributed by atoms with Gasteiger partial charge in [0.25, 0.3) is 0 Å². The molecular formula is C24H31N3O3S. The highest BCUT2D eigenvalue weighted by Crippen LogP contribution is 2.32. The second kappa shape index (κ2) is 10.4. The number of piperidine rings is 2. The van der Waals surface area contributed by atoms with Crippen LogP contribution < -0.4 is 0 Å². The van der Waals surface area contributed by atoms with E-state index in [4.69, 9.17) is 4.74 Å². The van der Waals surface area contributed by atoms with Gasteiger partial charge in [0.2, 0.25) is 11.8 Å². The van der Waals surface area contributed by atoms with E-state index in [1.165, 1.54) is 0 Å². The summed E-state index contributed by atoms with van der Waals surface area (Å²) in [5.41, 5.74) is 1.93. The Labute approximate surface area is 188 Å². The van der Waals surface area contributed by atoms with Crippen LogP contribution in [0.1, 0.15) is 38.3 Å². The lowest BCUT2D eigenvalue weighted by molar-refractivity contribution is -0.144. The van der Waals surface area contributed by atoms with Crippen molar-refractivity contribution in [2.75, 3.05) is 32.8 Å². The van der Waals surface area contributed by atoms with E-state index in [-0.39, 0.29) is 17.9 Å². The Morgan fingerprint density at radius 1 is 1.26 bits per heavy atom. The van der Waals surface area contributed by atoms with Crippen molar-refractivity contribution in [2.24, 2.45) is 5.92 Å². The number of carbonyl (C=O) groups is 2. The summed E-state index contributed by atoms with van der Waals surface area (Å²) in [6.07, 6.45) is 3.55. The summed E-state index contributed by atoms with van der Waals surface area (Å²) in [6.45, 7) is 5.61. The molecule has 1 aromatic heterocycles. The van der Waals surface area contributed by atoms with Gasteiger partial charge in [-0.25, -0.2) is 4.98 Å². The summed E-state index contributed by atoms with van der Waals surface area (Å²) in [5, 5.41) is 2.95. The number of nitrogens with zero attached hydrogens (tertiary/aromatic N) is 3. The molecule has 2 aliphatic rings. The Balaban J connectivity index is 1.32. The van der Waals surface area contributed by atoms with Crippen LogP contribution in [0.5, 0.6) is 0 Å². The summed E-state index contributed by atoms with van der Waals surface area (Å²) in [7, 11) is 0. The molecule has 2 fully saturated rings. The van der Waals surface area contributed by atoms with Gasteiger partial charge in [-0.3, -0.25) is 9.59 Å². The quantitative estimate of drug-likeness (QED) is 0.587. The highest BCUT2D eigenvalue weighted by molar-refractivity contribution is 7.13. The van der Waals surface area contributed by atoms with E-state index in [0.29, 0.717) is 38.5 Å². The molecule has 166 valence electrons. The van der Waals surface area contributed by atoms with E-state index in [1.807, 2.05) is 47.5 Å². The molecule has 1 aromatic carbocycles. The van der Waals surface area contributed by atoms with Crippen molar-refractivity contribution in [1.82, 2.24) is 14.8 Å². The van der Waals surface area contributed by atoms with Crippen LogP contribution in [0.3, 0.4) is 0 Å². The Hall–Kier alpha value is -2.25. The Bertz CT molecular complexity index is 885. The SMILES string of the molecule is CCOCCCN1C(=O)CC[C@@H]2CN(C(=O)Cc3csc(-c4ccccc4)n3)CC[C@@H]21. The van der Waals surface area contributed by atoms with E-state index in [9.17, 15) is 9.59 Å². The number of hydrogen-bond donors (Lipinski definition) is 0. The molecule has 4 rings (SSSR count). The number of rotatable bonds is 8. The van der Waals surface area contributed by atoms with Gasteiger partial charge < -0.3 is 14.5 Å². The third-order valence-electron chi connectivity index (χ3n) is 6.29. The lowest BCUT2D eigenvalue weighted by Crippen LogP contribution is -2.57. The average molecular weight is 442 g/mol. The highest BCUT2D eigenvalue weighted by atomic mass is 32.1. The third kappa shape index (κ3) is 5.33. The van der Waals surface area contributed by atoms with Gasteiger partial charge in [0.05, 0.1) is 12.1 Å². The van der Waals surface area contributed by atoms with Gasteiger partial charge in [0.1, 0.15) is 5.01 Å². The maximum atomic E-state index is 13.0. The summed E-state index contributed by atoms with van der Waals surface area (Å²) < 4.78 is 5.43. The van der Waals surface area contributed by atoms with E-state index in [2.05, 4.69) is 9.88 Å². The van der Waals surface area contributed by atoms with Gasteiger partial charge in [-0.05, 0) is 32.1 Å². The van der Waals surface area contributed by atoms with Crippen LogP contribution in [0.15, 0.2) is 35.7 Å². The molecule has 0 unspecified atom stereocenters. The van der Waals surface area contributed by atoms with Crippen molar-refractivity contribution < 1.29 is 14.3 Å². The van der Waals surface area contributed by atoms with Crippen LogP contribution in [-0.2, 0) is 20.7 Å². The van der Waals surface area contributed by atoms with E-state index < -0.39 is 0 Å². The molecule has 0 N–H and O–H groups in total. The number of amides is 2. The number of carbonyl (C=O) groups excluding carboxylic acids is 2. The summed E-state index contributed by atoms with van der Waals surface area (Å²) in [6, 6.07) is 10.3. The van der Waals surface area contributed by atoms with Gasteiger partial charge in [0.15, 0.2) is 0 Å². The Morgan fingerprint density at radius 3 is 2.90 bits per heavy atom. The molecule has 0 saturated carbocycles. The molecule has 2 aliphatic heterocycles. The molecule has 0 radical (unpaired) electrons. The zero-order valence-corrected chi connectivity index (χ0v) is 19.0. The third-order valence-corrected chi connectivity index (χ3v) is 7.23. The monoisotopic (exact) mass is 441 g/mol. The van der Waals surface area contributed by atoms with Crippen LogP contribution in [-0.4, -0.2) is 65.5 Å². The van der Waals surface area contributed by atoms with E-state index >= 15 is 0 Å². The fourth-order valence-electron chi connectivity index (χ4n) is 4.72. The van der Waals surface area contributed by atoms with Crippen LogP contribution >= 0.6 is 11.3 Å². The van der Waals surface area contributed by atoms with Crippen LogP contribution in [0.25, 0.3) is 10.6 Å². The van der Waals surface area contributed by atoms with Gasteiger partial charge in [0, 0.05) is 56.3 Å². The van der Waals surface area contributed by atoms with Gasteiger partial charge in [-0.2, -0.15) is 0 Å². The molecule has 2 atom stereocenters. The molecule has 3 heterocycles. The minimum absolute atomic E-state index is 0.142. The van der Waals surface area contributed by atoms with Crippen molar-refractivity contribution in [1.29, 1.82) is 0 Å². The first-order chi connectivity index (χ1) is 15.2. The number of likely N-dealkylation sites (tertiary alicyclic amines) is 2. The second-order valence-electron chi connectivity index (χ2n) is 8.32. The predicted molar refractivity (Wildman–Crippen MR) is 122 cm³/mol. The molecule has 0 aliphatic carbocycles. The maximum absolute atomic E-state index is 13.0. The Morgan fingerprint density at radius 2 is 2.10 bits per heavy atom. The maximum Gasteiger partial charge on any atom is 0.228 e. The normalized spacial score (nSPS) is 21.3. The molecule has 2 amide bonds. The van der Waals surface area contributed by atoms with Gasteiger partial charge >= 0.3 is 0 Å². The van der Waals surface area contributed by atoms with Gasteiger partial charge in [-0.1, -0.05) is 30.3 Å². The second-order valence-corrected chi connectivity index (χ2v) is 9.18. The summed E-state index contributed by atoms with van der Waals surface area (Å²) in [5.74, 6) is 0.773. The largest absolute Gasteiger partial charge is 0.382 e. The first kappa shape index (κ1) is 22.0. The Kier molecular flexibility index (Phi) is 7.35. The van der Waals surface area contributed by atoms with Crippen molar-refractivity contribution in [3.05, 3.63) is 41.4 Å². The minimum atomic E-state index is 0.142. The van der Waals surface area contributed by atoms with Crippen molar-refractivity contribution in [3.8, 4) is 10.6 Å². The first-order valence-electron chi connectivity index (χ1n) is 11.3. The lowest BCUT2D eigenvalue weighted by Gasteiger charge is -2.47. The summed E-state index contributed by atoms with van der Waals surface area (Å²) in [4.78, 5) is 34.2. The van der Waals surface area contributed by atoms with Crippen LogP contribution in [0.2, 0.25) is 0 Å². The molecule has 2 saturated heterocycles. The first-order valence-corrected chi connectivity index (χ1v) is 12.2. The lowest BCUT2D eigenvalue weighted by atomic mass is 9.83. The van der Waals surface area contributed by atoms with E-state index in [1.54, 1.807) is 11.3 Å². The minimum Gasteiger partial charge on any atom is -0.382 e. The molecule has 0 bridgehead atoms. The van der Waals surface area contributed by atoms with Crippen LogP contribution in [0.4, 0.5) is 0 Å². The number of aromatic nitrogens is 1. The number of hydrogen-bond acceptors (Lipinski definition) is 5. The van der Waals surface area contributed by atoms with Gasteiger partial charge in [-0.15, -0.1) is 11.3 Å². The van der Waals surface area contributed by atoms with Crippen LogP contribution in [0, 0.1) is 5.92 Å². The zero-order valence-electron chi connectivity index (χ0n) is 18.2. The van der Waals surface area contributed by atoms with Crippen molar-refractivity contribution >= 4 is 23.2 Å². The molecule has 6 nitrogen and oxygen atoms in total. The average Bonchev–Trinajstić information content (AvgIpc) is 3.26. The molecule has 0 spiro atoms. The number of benzene rings is 1. The molecule has 2 aromatic rings. The molecule has 7 heteroatoms. The fourth-order valence-corrected chi connectivity index (χ4v) is 5.54. The van der Waals surface area contributed by atoms with Crippen molar-refractivity contribution in [3.63, 3.8) is 0 Å². The number of ether oxygens (including phenoxy) is 1. The number of fused-ring (bicyclic) bond motifs is 1. The zero-order chi connectivity index (χ0) is 21.6. The molecule has 31 heavy (non-hydrogen) atoms. The van der Waals surface area contributed by atoms with E-state index in [0.717, 1.165) is 48.6 Å². The smallest absolute Gasteiger partial charge is 0.228 e. The highest BCUT2D eigenvalue weighted by Gasteiger charge is 2.40. The molecular weight excluding hydrogens is 410 g/mol. The topological polar surface area (TPSA) is 62.7 Å². The van der Waals surface area contributed by atoms with Crippen molar-refractivity contribution in [2.45, 2.75) is 45.1 Å². The predicted octanol–water partition coefficient (Wildman–Crippen LogP) is 3.62. The fraction of sp³-hybridized carbons (Fsp3) is 0.542. The summed E-state index contributed by atoms with van der Waals surface area (Å²) >= 11 is 1.58.